The largest absolute Gasteiger partial charge is 0.0654 e. The van der Waals surface area contributed by atoms with Crippen LogP contribution in [-0.2, 0) is 6.42 Å². The predicted molar refractivity (Wildman–Crippen MR) is 92.6 cm³/mol. The number of allylic oxidation sites excluding steroid dienone is 1. The number of benzene rings is 2. The number of unbranched alkanes of at least 4 members (excludes halogenated alkanes) is 1. The number of rotatable bonds is 4. The van der Waals surface area contributed by atoms with Crippen LogP contribution in [0.25, 0.3) is 17.2 Å². The molecule has 1 aliphatic carbocycles. The van der Waals surface area contributed by atoms with Crippen LogP contribution >= 0.6 is 0 Å². The third-order valence-corrected chi connectivity index (χ3v) is 4.58. The molecule has 0 fully saturated rings. The predicted octanol–water partition coefficient (Wildman–Crippen LogP) is 6.10. The Balaban J connectivity index is 2.09. The van der Waals surface area contributed by atoms with Crippen LogP contribution in [-0.4, -0.2) is 0 Å². The van der Waals surface area contributed by atoms with E-state index in [0.717, 1.165) is 6.42 Å². The second-order valence-corrected chi connectivity index (χ2v) is 6.23. The van der Waals surface area contributed by atoms with E-state index in [0.29, 0.717) is 0 Å². The molecule has 2 aromatic carbocycles. The first kappa shape index (κ1) is 14.1. The number of aryl methyl sites for hydroxylation is 2. The smallest absolute Gasteiger partial charge is 0.00576 e. The zero-order chi connectivity index (χ0) is 14.8. The topological polar surface area (TPSA) is 0 Å². The van der Waals surface area contributed by atoms with Crippen molar-refractivity contribution >= 4 is 6.08 Å². The molecule has 3 rings (SSSR count). The van der Waals surface area contributed by atoms with Crippen molar-refractivity contribution < 1.29 is 0 Å². The maximum Gasteiger partial charge on any atom is -0.00576 e. The maximum absolute atomic E-state index is 2.46. The van der Waals surface area contributed by atoms with Gasteiger partial charge in [0.05, 0.1) is 0 Å². The van der Waals surface area contributed by atoms with Crippen molar-refractivity contribution in [3.63, 3.8) is 0 Å². The average molecular weight is 276 g/mol. The summed E-state index contributed by atoms with van der Waals surface area (Å²) in [5, 5.41) is 0. The minimum absolute atomic E-state index is 1.15. The molecule has 0 atom stereocenters. The van der Waals surface area contributed by atoms with Crippen LogP contribution in [0.4, 0.5) is 0 Å². The van der Waals surface area contributed by atoms with Gasteiger partial charge in [-0.2, -0.15) is 0 Å². The third-order valence-electron chi connectivity index (χ3n) is 4.58. The van der Waals surface area contributed by atoms with Crippen LogP contribution in [0.2, 0.25) is 0 Å². The van der Waals surface area contributed by atoms with Gasteiger partial charge in [0.25, 0.3) is 0 Å². The summed E-state index contributed by atoms with van der Waals surface area (Å²) in [7, 11) is 0. The summed E-state index contributed by atoms with van der Waals surface area (Å²) in [4.78, 5) is 0. The fraction of sp³-hybridized carbons (Fsp3) is 0.333. The average Bonchev–Trinajstić information content (AvgIpc) is 2.89. The first-order chi connectivity index (χ1) is 10.2. The van der Waals surface area contributed by atoms with E-state index < -0.39 is 0 Å². The van der Waals surface area contributed by atoms with E-state index in [1.54, 1.807) is 5.57 Å². The zero-order valence-corrected chi connectivity index (χ0v) is 13.4. The molecule has 0 radical (unpaired) electrons. The van der Waals surface area contributed by atoms with E-state index in [2.05, 4.69) is 63.2 Å². The molecule has 0 aliphatic heterocycles. The van der Waals surface area contributed by atoms with Crippen molar-refractivity contribution in [2.45, 2.75) is 46.5 Å². The van der Waals surface area contributed by atoms with Crippen LogP contribution in [0.1, 0.15) is 48.4 Å². The second kappa shape index (κ2) is 5.89. The molecule has 0 spiro atoms. The normalized spacial score (nSPS) is 13.2. The Bertz CT molecular complexity index is 689. The highest BCUT2D eigenvalue weighted by molar-refractivity contribution is 5.84. The van der Waals surface area contributed by atoms with Crippen molar-refractivity contribution in [2.75, 3.05) is 0 Å². The van der Waals surface area contributed by atoms with Gasteiger partial charge >= 0.3 is 0 Å². The lowest BCUT2D eigenvalue weighted by Gasteiger charge is -2.14. The molecule has 21 heavy (non-hydrogen) atoms. The molecule has 0 aromatic heterocycles. The van der Waals surface area contributed by atoms with Crippen molar-refractivity contribution in [1.82, 2.24) is 0 Å². The molecule has 108 valence electrons. The van der Waals surface area contributed by atoms with Gasteiger partial charge < -0.3 is 0 Å². The van der Waals surface area contributed by atoms with Gasteiger partial charge in [-0.1, -0.05) is 61.4 Å². The lowest BCUT2D eigenvalue weighted by molar-refractivity contribution is 0.779. The quantitative estimate of drug-likeness (QED) is 0.633. The minimum atomic E-state index is 1.15. The Hall–Kier alpha value is -1.82. The summed E-state index contributed by atoms with van der Waals surface area (Å²) in [5.41, 5.74) is 10.2. The summed E-state index contributed by atoms with van der Waals surface area (Å²) in [6.07, 6.45) is 7.43. The Morgan fingerprint density at radius 2 is 1.76 bits per heavy atom. The molecule has 0 nitrogen and oxygen atoms in total. The summed E-state index contributed by atoms with van der Waals surface area (Å²) >= 11 is 0. The van der Waals surface area contributed by atoms with Crippen molar-refractivity contribution in [1.29, 1.82) is 0 Å². The lowest BCUT2D eigenvalue weighted by Crippen LogP contribution is -1.93. The molecule has 0 N–H and O–H groups in total. The van der Waals surface area contributed by atoms with Crippen molar-refractivity contribution in [3.8, 4) is 11.1 Å². The molecule has 2 aromatic rings. The molecule has 0 bridgehead atoms. The molecule has 0 saturated heterocycles. The highest BCUT2D eigenvalue weighted by Gasteiger charge is 2.18. The molecule has 0 amide bonds. The van der Waals surface area contributed by atoms with Gasteiger partial charge in [0.15, 0.2) is 0 Å². The van der Waals surface area contributed by atoms with E-state index in [1.807, 2.05) is 0 Å². The Labute approximate surface area is 128 Å². The zero-order valence-electron chi connectivity index (χ0n) is 13.4. The van der Waals surface area contributed by atoms with Crippen LogP contribution in [0.15, 0.2) is 42.0 Å². The molecule has 0 heteroatoms. The highest BCUT2D eigenvalue weighted by atomic mass is 14.2. The number of hydrogen-bond acceptors (Lipinski definition) is 0. The van der Waals surface area contributed by atoms with E-state index in [9.17, 15) is 0 Å². The SMILES string of the molecule is CCCCC1=Cc2c(ccc(C)c2-c2ccccc2C)C1. The molecule has 1 aliphatic rings. The first-order valence-corrected chi connectivity index (χ1v) is 8.08. The number of fused-ring (bicyclic) bond motifs is 1. The van der Waals surface area contributed by atoms with Crippen molar-refractivity contribution in [3.05, 3.63) is 64.2 Å². The standard InChI is InChI=1S/C21H24/c1-4-5-9-17-13-18-12-11-16(3)21(20(18)14-17)19-10-7-6-8-15(19)2/h6-8,10-12,14H,4-5,9,13H2,1-3H3. The van der Waals surface area contributed by atoms with Crippen molar-refractivity contribution in [2.24, 2.45) is 0 Å². The van der Waals surface area contributed by atoms with Crippen LogP contribution in [0.5, 0.6) is 0 Å². The highest BCUT2D eigenvalue weighted by Crippen LogP contribution is 2.38. The van der Waals surface area contributed by atoms with Gasteiger partial charge in [-0.05, 0) is 66.5 Å². The maximum atomic E-state index is 2.46. The Morgan fingerprint density at radius 3 is 2.52 bits per heavy atom. The third kappa shape index (κ3) is 2.68. The van der Waals surface area contributed by atoms with Gasteiger partial charge in [0, 0.05) is 0 Å². The molecule has 0 heterocycles. The molecular formula is C21H24. The van der Waals surface area contributed by atoms with Gasteiger partial charge in [0.1, 0.15) is 0 Å². The van der Waals surface area contributed by atoms with E-state index in [-0.39, 0.29) is 0 Å². The van der Waals surface area contributed by atoms with Crippen LogP contribution in [0, 0.1) is 13.8 Å². The summed E-state index contributed by atoms with van der Waals surface area (Å²) < 4.78 is 0. The fourth-order valence-corrected chi connectivity index (χ4v) is 3.37. The van der Waals surface area contributed by atoms with Crippen LogP contribution in [0.3, 0.4) is 0 Å². The fourth-order valence-electron chi connectivity index (χ4n) is 3.37. The lowest BCUT2D eigenvalue weighted by atomic mass is 9.90. The van der Waals surface area contributed by atoms with E-state index in [4.69, 9.17) is 0 Å². The molecule has 0 saturated carbocycles. The molecule has 0 unspecified atom stereocenters. The van der Waals surface area contributed by atoms with Gasteiger partial charge in [-0.15, -0.1) is 0 Å². The van der Waals surface area contributed by atoms with Gasteiger partial charge in [-0.3, -0.25) is 0 Å². The second-order valence-electron chi connectivity index (χ2n) is 6.23. The molecular weight excluding hydrogens is 252 g/mol. The first-order valence-electron chi connectivity index (χ1n) is 8.08. The Morgan fingerprint density at radius 1 is 0.952 bits per heavy atom. The monoisotopic (exact) mass is 276 g/mol. The summed E-state index contributed by atoms with van der Waals surface area (Å²) in [6.45, 7) is 6.72. The van der Waals surface area contributed by atoms with E-state index >= 15 is 0 Å². The summed E-state index contributed by atoms with van der Waals surface area (Å²) in [6, 6.07) is 13.4. The number of hydrogen-bond donors (Lipinski definition) is 0. The van der Waals surface area contributed by atoms with Crippen LogP contribution < -0.4 is 0 Å². The van der Waals surface area contributed by atoms with Gasteiger partial charge in [0.2, 0.25) is 0 Å². The van der Waals surface area contributed by atoms with E-state index in [1.165, 1.54) is 52.6 Å². The minimum Gasteiger partial charge on any atom is -0.0654 e. The Kier molecular flexibility index (Phi) is 3.96. The van der Waals surface area contributed by atoms with Gasteiger partial charge in [-0.25, -0.2) is 0 Å². The summed E-state index contributed by atoms with van der Waals surface area (Å²) in [5.74, 6) is 0.